The van der Waals surface area contributed by atoms with Crippen molar-refractivity contribution in [3.05, 3.63) is 107 Å². The first-order valence-corrected chi connectivity index (χ1v) is 14.0. The minimum atomic E-state index is -3.41. The lowest BCUT2D eigenvalue weighted by molar-refractivity contribution is 0.0428. The second-order valence-electron chi connectivity index (χ2n) is 10.8. The normalized spacial score (nSPS) is 17.9. The van der Waals surface area contributed by atoms with Crippen molar-refractivity contribution in [2.45, 2.75) is 18.0 Å². The fourth-order valence-electron chi connectivity index (χ4n) is 5.95. The Bertz CT molecular complexity index is 1800. The number of methoxy groups -OCH3 is 1. The van der Waals surface area contributed by atoms with Gasteiger partial charge in [0.2, 0.25) is 0 Å². The molecule has 1 aromatic heterocycles. The van der Waals surface area contributed by atoms with Crippen LogP contribution in [0.4, 0.5) is 24.5 Å². The number of carbonyl (C=O) groups is 2. The Morgan fingerprint density at radius 3 is 2.40 bits per heavy atom. The quantitative estimate of drug-likeness (QED) is 0.305. The number of rotatable bonds is 8. The first-order valence-electron chi connectivity index (χ1n) is 14.0. The molecule has 2 N–H and O–H groups in total. The molecular formula is C32H27F3N6O4. The molecule has 3 heterocycles. The number of benzene rings is 3. The number of aliphatic hydroxyl groups is 1. The van der Waals surface area contributed by atoms with Crippen molar-refractivity contribution in [2.75, 3.05) is 43.6 Å². The third kappa shape index (κ3) is 5.28. The molecule has 45 heavy (non-hydrogen) atoms. The number of likely N-dealkylation sites (tertiary alicyclic amines) is 1. The maximum Gasteiger partial charge on any atom is 0.298 e. The number of fused-ring (bicyclic) bond motifs is 3. The number of alkyl halides is 2. The molecule has 13 heteroatoms. The summed E-state index contributed by atoms with van der Waals surface area (Å²) in [7, 11) is 1.41. The number of anilines is 2. The van der Waals surface area contributed by atoms with E-state index < -0.39 is 29.6 Å². The van der Waals surface area contributed by atoms with Crippen LogP contribution in [0.15, 0.2) is 72.9 Å². The first-order chi connectivity index (χ1) is 21.7. The van der Waals surface area contributed by atoms with Gasteiger partial charge in [-0.3, -0.25) is 19.2 Å². The number of halogens is 3. The van der Waals surface area contributed by atoms with Crippen molar-refractivity contribution in [1.82, 2.24) is 14.7 Å². The highest BCUT2D eigenvalue weighted by Gasteiger charge is 2.48. The molecule has 0 radical (unpaired) electrons. The van der Waals surface area contributed by atoms with Gasteiger partial charge in [0.1, 0.15) is 17.6 Å². The average Bonchev–Trinajstić information content (AvgIpc) is 3.66. The Balaban J connectivity index is 1.34. The van der Waals surface area contributed by atoms with Gasteiger partial charge in [-0.1, -0.05) is 12.1 Å². The zero-order chi connectivity index (χ0) is 31.9. The maximum atomic E-state index is 15.3. The number of amides is 2. The second kappa shape index (κ2) is 11.7. The summed E-state index contributed by atoms with van der Waals surface area (Å²) < 4.78 is 50.6. The van der Waals surface area contributed by atoms with Crippen LogP contribution in [0.25, 0.3) is 0 Å². The van der Waals surface area contributed by atoms with Crippen LogP contribution in [0.3, 0.4) is 0 Å². The van der Waals surface area contributed by atoms with Crippen LogP contribution in [0.5, 0.6) is 5.75 Å². The predicted molar refractivity (Wildman–Crippen MR) is 157 cm³/mol. The highest BCUT2D eigenvalue weighted by atomic mass is 19.3. The maximum absolute atomic E-state index is 15.3. The van der Waals surface area contributed by atoms with Gasteiger partial charge in [0.25, 0.3) is 17.7 Å². The number of β-amino-alcohol motifs (C(OH)–C–C–N with tert-alkyl or cyclic N) is 1. The molecular weight excluding hydrogens is 589 g/mol. The molecule has 0 aliphatic carbocycles. The van der Waals surface area contributed by atoms with Gasteiger partial charge in [-0.2, -0.15) is 19.1 Å². The van der Waals surface area contributed by atoms with Crippen LogP contribution in [-0.2, 0) is 5.92 Å². The minimum Gasteiger partial charge on any atom is -0.495 e. The summed E-state index contributed by atoms with van der Waals surface area (Å²) in [6.07, 6.45) is 1.38. The van der Waals surface area contributed by atoms with E-state index in [0.717, 1.165) is 24.3 Å². The van der Waals surface area contributed by atoms with Crippen molar-refractivity contribution in [3.8, 4) is 11.8 Å². The van der Waals surface area contributed by atoms with Crippen LogP contribution < -0.4 is 15.0 Å². The number of ether oxygens (including phenoxy) is 1. The fraction of sp³-hybridized carbons (Fsp3) is 0.250. The lowest BCUT2D eigenvalue weighted by atomic mass is 9.99. The van der Waals surface area contributed by atoms with E-state index in [4.69, 9.17) is 4.74 Å². The van der Waals surface area contributed by atoms with Gasteiger partial charge in [-0.15, -0.1) is 0 Å². The number of nitrogens with zero attached hydrogens (tertiary/aromatic N) is 5. The number of hydrogen-bond donors (Lipinski definition) is 2. The van der Waals surface area contributed by atoms with Crippen molar-refractivity contribution in [2.24, 2.45) is 0 Å². The smallest absolute Gasteiger partial charge is 0.298 e. The van der Waals surface area contributed by atoms with Gasteiger partial charge in [-0.05, 0) is 54.6 Å². The Hall–Kier alpha value is -5.19. The van der Waals surface area contributed by atoms with Crippen molar-refractivity contribution in [1.29, 1.82) is 5.26 Å². The highest BCUT2D eigenvalue weighted by molar-refractivity contribution is 6.13. The first kappa shape index (κ1) is 29.9. The van der Waals surface area contributed by atoms with Crippen LogP contribution in [0, 0.1) is 17.1 Å². The SMILES string of the molecule is COc1ccc(C(=O)Nc2cnn3c2C(=O)N(c2ccc(C(F)(F)c4ccc(F)cc4)cc2)[C@H]2CN(CCO)C[C@@H]23)cc1C#N. The number of aliphatic hydroxyl groups excluding tert-OH is 1. The standard InChI is InChI=1S/C32H27F3N6O4/c1-45-28-11-2-19(14-20(28)15-36)30(43)38-25-16-37-41-27-18-39(12-13-42)17-26(27)40(31(44)29(25)41)24-9-5-22(6-10-24)32(34,35)21-3-7-23(33)8-4-21/h2-11,14,16,26-27,42H,12-13,17-18H2,1H3,(H,38,43)/t26-,27-/m0/s1. The predicted octanol–water partition coefficient (Wildman–Crippen LogP) is 4.17. The van der Waals surface area contributed by atoms with E-state index in [9.17, 15) is 24.3 Å². The number of hydrogen-bond acceptors (Lipinski definition) is 7. The Kier molecular flexibility index (Phi) is 7.78. The van der Waals surface area contributed by atoms with Gasteiger partial charge in [-0.25, -0.2) is 4.39 Å². The van der Waals surface area contributed by atoms with E-state index in [1.54, 1.807) is 4.68 Å². The lowest BCUT2D eigenvalue weighted by Crippen LogP contribution is -2.51. The van der Waals surface area contributed by atoms with Gasteiger partial charge in [0, 0.05) is 42.0 Å². The second-order valence-corrected chi connectivity index (χ2v) is 10.8. The van der Waals surface area contributed by atoms with E-state index in [2.05, 4.69) is 10.4 Å². The summed E-state index contributed by atoms with van der Waals surface area (Å²) in [6, 6.07) is 14.9. The molecule has 10 nitrogen and oxygen atoms in total. The molecule has 230 valence electrons. The van der Waals surface area contributed by atoms with Crippen molar-refractivity contribution < 1.29 is 32.6 Å². The van der Waals surface area contributed by atoms with Crippen LogP contribution in [-0.4, -0.2) is 71.0 Å². The number of nitriles is 1. The molecule has 0 spiro atoms. The molecule has 2 atom stereocenters. The zero-order valence-corrected chi connectivity index (χ0v) is 24.0. The summed E-state index contributed by atoms with van der Waals surface area (Å²) in [5.74, 6) is -4.80. The lowest BCUT2D eigenvalue weighted by Gasteiger charge is -2.37. The van der Waals surface area contributed by atoms with E-state index in [1.165, 1.54) is 60.7 Å². The van der Waals surface area contributed by atoms with Crippen LogP contribution in [0.1, 0.15) is 43.6 Å². The van der Waals surface area contributed by atoms with Gasteiger partial charge >= 0.3 is 0 Å². The Morgan fingerprint density at radius 1 is 1.09 bits per heavy atom. The summed E-state index contributed by atoms with van der Waals surface area (Å²) in [5, 5.41) is 26.2. The minimum absolute atomic E-state index is 0.0969. The van der Waals surface area contributed by atoms with E-state index in [-0.39, 0.29) is 46.3 Å². The number of nitrogens with one attached hydrogen (secondary N) is 1. The van der Waals surface area contributed by atoms with Gasteiger partial charge < -0.3 is 20.1 Å². The van der Waals surface area contributed by atoms with E-state index in [0.29, 0.717) is 31.1 Å². The molecule has 2 amide bonds. The third-order valence-electron chi connectivity index (χ3n) is 8.16. The van der Waals surface area contributed by atoms with Gasteiger partial charge in [0.15, 0.2) is 5.69 Å². The average molecular weight is 617 g/mol. The molecule has 6 rings (SSSR count). The molecule has 2 aliphatic rings. The topological polar surface area (TPSA) is 124 Å². The van der Waals surface area contributed by atoms with E-state index >= 15 is 8.78 Å². The molecule has 0 bridgehead atoms. The zero-order valence-electron chi connectivity index (χ0n) is 24.0. The molecule has 2 aliphatic heterocycles. The Morgan fingerprint density at radius 2 is 1.76 bits per heavy atom. The number of carbonyl (C=O) groups excluding carboxylic acids is 2. The molecule has 4 aromatic rings. The van der Waals surface area contributed by atoms with Crippen molar-refractivity contribution in [3.63, 3.8) is 0 Å². The van der Waals surface area contributed by atoms with Gasteiger partial charge in [0.05, 0.1) is 43.2 Å². The summed E-state index contributed by atoms with van der Waals surface area (Å²) in [4.78, 5) is 30.8. The largest absolute Gasteiger partial charge is 0.495 e. The summed E-state index contributed by atoms with van der Waals surface area (Å²) in [6.45, 7) is 1.10. The number of aromatic nitrogens is 2. The summed E-state index contributed by atoms with van der Waals surface area (Å²) >= 11 is 0. The molecule has 3 aromatic carbocycles. The Labute approximate surface area is 255 Å². The van der Waals surface area contributed by atoms with Crippen molar-refractivity contribution >= 4 is 23.2 Å². The molecule has 1 fully saturated rings. The highest BCUT2D eigenvalue weighted by Crippen LogP contribution is 2.41. The van der Waals surface area contributed by atoms with Crippen LogP contribution >= 0.6 is 0 Å². The monoisotopic (exact) mass is 616 g/mol. The molecule has 0 unspecified atom stereocenters. The summed E-state index contributed by atoms with van der Waals surface area (Å²) in [5.41, 5.74) is 0.227. The van der Waals surface area contributed by atoms with Crippen LogP contribution in [0.2, 0.25) is 0 Å². The van der Waals surface area contributed by atoms with E-state index in [1.807, 2.05) is 11.0 Å². The molecule has 1 saturated heterocycles. The third-order valence-corrected chi connectivity index (χ3v) is 8.16. The fourth-order valence-corrected chi connectivity index (χ4v) is 5.95. The molecule has 0 saturated carbocycles.